The van der Waals surface area contributed by atoms with Crippen molar-refractivity contribution in [1.82, 2.24) is 9.97 Å². The molecule has 0 atom stereocenters. The topological polar surface area (TPSA) is 89.8 Å². The van der Waals surface area contributed by atoms with Gasteiger partial charge in [-0.25, -0.2) is 4.98 Å². The van der Waals surface area contributed by atoms with Gasteiger partial charge in [0.15, 0.2) is 5.16 Å². The fourth-order valence-electron chi connectivity index (χ4n) is 2.07. The second kappa shape index (κ2) is 6.02. The van der Waals surface area contributed by atoms with Crippen molar-refractivity contribution in [1.29, 1.82) is 5.26 Å². The lowest BCUT2D eigenvalue weighted by atomic mass is 9.96. The van der Waals surface area contributed by atoms with Crippen molar-refractivity contribution >= 4 is 11.8 Å². The number of nitriles is 1. The number of nitrogens with one attached hydrogen (secondary N) is 1. The molecule has 1 aromatic heterocycles. The molecule has 2 aromatic rings. The highest BCUT2D eigenvalue weighted by Gasteiger charge is 2.18. The van der Waals surface area contributed by atoms with Crippen LogP contribution in [0.1, 0.15) is 30.9 Å². The minimum Gasteiger partial charge on any atom is -0.507 e. The van der Waals surface area contributed by atoms with Crippen molar-refractivity contribution < 1.29 is 5.11 Å². The zero-order chi connectivity index (χ0) is 15.6. The lowest BCUT2D eigenvalue weighted by Gasteiger charge is -2.13. The van der Waals surface area contributed by atoms with Crippen LogP contribution in [-0.2, 0) is 0 Å². The molecule has 108 valence electrons. The van der Waals surface area contributed by atoms with Crippen LogP contribution < -0.4 is 5.56 Å². The van der Waals surface area contributed by atoms with E-state index in [0.717, 1.165) is 5.56 Å². The Morgan fingerprint density at radius 2 is 2.14 bits per heavy atom. The summed E-state index contributed by atoms with van der Waals surface area (Å²) < 4.78 is 0. The maximum absolute atomic E-state index is 11.9. The highest BCUT2D eigenvalue weighted by molar-refractivity contribution is 7.98. The largest absolute Gasteiger partial charge is 0.507 e. The summed E-state index contributed by atoms with van der Waals surface area (Å²) in [6, 6.07) is 7.13. The third-order valence-electron chi connectivity index (χ3n) is 3.15. The third kappa shape index (κ3) is 2.78. The van der Waals surface area contributed by atoms with E-state index in [1.165, 1.54) is 11.8 Å². The number of aromatic amines is 1. The van der Waals surface area contributed by atoms with Crippen LogP contribution in [0.4, 0.5) is 0 Å². The van der Waals surface area contributed by atoms with Crippen molar-refractivity contribution in [3.05, 3.63) is 39.7 Å². The Bertz CT molecular complexity index is 775. The van der Waals surface area contributed by atoms with Gasteiger partial charge in [-0.1, -0.05) is 37.7 Å². The number of phenolic OH excluding ortho intramolecular Hbond substituents is 1. The summed E-state index contributed by atoms with van der Waals surface area (Å²) in [6.45, 7) is 3.92. The second-order valence-electron chi connectivity index (χ2n) is 4.81. The summed E-state index contributed by atoms with van der Waals surface area (Å²) in [5.41, 5.74) is 0.777. The smallest absolute Gasteiger partial charge is 0.270 e. The van der Waals surface area contributed by atoms with Crippen molar-refractivity contribution in [2.24, 2.45) is 0 Å². The van der Waals surface area contributed by atoms with Crippen LogP contribution in [0.2, 0.25) is 0 Å². The molecule has 0 fully saturated rings. The summed E-state index contributed by atoms with van der Waals surface area (Å²) in [6.07, 6.45) is 1.78. The van der Waals surface area contributed by atoms with Crippen LogP contribution in [0.3, 0.4) is 0 Å². The normalized spacial score (nSPS) is 10.6. The number of benzene rings is 1. The van der Waals surface area contributed by atoms with Crippen molar-refractivity contribution in [3.8, 4) is 23.1 Å². The average Bonchev–Trinajstić information content (AvgIpc) is 2.46. The van der Waals surface area contributed by atoms with Gasteiger partial charge in [0, 0.05) is 5.56 Å². The molecule has 0 saturated heterocycles. The highest BCUT2D eigenvalue weighted by atomic mass is 32.2. The van der Waals surface area contributed by atoms with E-state index in [1.54, 1.807) is 18.4 Å². The minimum absolute atomic E-state index is 0.0640. The van der Waals surface area contributed by atoms with E-state index in [2.05, 4.69) is 9.97 Å². The first-order valence-electron chi connectivity index (χ1n) is 6.40. The van der Waals surface area contributed by atoms with Crippen LogP contribution in [0, 0.1) is 11.3 Å². The van der Waals surface area contributed by atoms with Gasteiger partial charge in [-0.3, -0.25) is 4.79 Å². The first-order chi connectivity index (χ1) is 9.99. The molecule has 2 N–H and O–H groups in total. The zero-order valence-corrected chi connectivity index (χ0v) is 12.8. The molecule has 6 heteroatoms. The van der Waals surface area contributed by atoms with Gasteiger partial charge in [0.1, 0.15) is 23.1 Å². The fraction of sp³-hybridized carbons (Fsp3) is 0.267. The number of rotatable bonds is 3. The van der Waals surface area contributed by atoms with E-state index in [9.17, 15) is 15.2 Å². The number of aromatic nitrogens is 2. The fourth-order valence-corrected chi connectivity index (χ4v) is 2.44. The molecule has 0 saturated carbocycles. The monoisotopic (exact) mass is 301 g/mol. The Balaban J connectivity index is 2.79. The van der Waals surface area contributed by atoms with E-state index in [-0.39, 0.29) is 22.9 Å². The second-order valence-corrected chi connectivity index (χ2v) is 5.60. The van der Waals surface area contributed by atoms with E-state index < -0.39 is 5.56 Å². The molecular weight excluding hydrogens is 286 g/mol. The van der Waals surface area contributed by atoms with E-state index in [0.29, 0.717) is 10.7 Å². The molecular formula is C15H15N3O2S. The molecule has 2 rings (SSSR count). The van der Waals surface area contributed by atoms with Crippen LogP contribution in [0.15, 0.2) is 28.2 Å². The molecule has 0 spiro atoms. The molecule has 1 aromatic carbocycles. The molecule has 1 heterocycles. The number of phenols is 1. The van der Waals surface area contributed by atoms with Gasteiger partial charge in [-0.15, -0.1) is 0 Å². The Morgan fingerprint density at radius 1 is 1.43 bits per heavy atom. The number of H-pyrrole nitrogens is 1. The molecule has 21 heavy (non-hydrogen) atoms. The van der Waals surface area contributed by atoms with Crippen molar-refractivity contribution in [2.75, 3.05) is 6.26 Å². The maximum atomic E-state index is 11.9. The maximum Gasteiger partial charge on any atom is 0.270 e. The number of nitrogens with zero attached hydrogens (tertiary/aromatic N) is 2. The summed E-state index contributed by atoms with van der Waals surface area (Å²) >= 11 is 1.27. The summed E-state index contributed by atoms with van der Waals surface area (Å²) in [7, 11) is 0. The van der Waals surface area contributed by atoms with Gasteiger partial charge in [0.05, 0.1) is 0 Å². The molecule has 0 aliphatic heterocycles. The van der Waals surface area contributed by atoms with Gasteiger partial charge < -0.3 is 10.1 Å². The predicted molar refractivity (Wildman–Crippen MR) is 82.5 cm³/mol. The number of hydrogen-bond acceptors (Lipinski definition) is 5. The summed E-state index contributed by atoms with van der Waals surface area (Å²) in [5, 5.41) is 20.0. The van der Waals surface area contributed by atoms with E-state index in [4.69, 9.17) is 0 Å². The van der Waals surface area contributed by atoms with Crippen LogP contribution in [0.25, 0.3) is 11.3 Å². The Kier molecular flexibility index (Phi) is 4.34. The number of aromatic hydroxyl groups is 1. The standard InChI is InChI=1S/C15H15N3O2S/c1-8(2)9-5-4-6-10(13(9)19)12-11(7-16)14(20)18-15(17-12)21-3/h4-6,8,19H,1-3H3,(H,17,18,20). The van der Waals surface area contributed by atoms with Gasteiger partial charge in [-0.05, 0) is 23.8 Å². The molecule has 0 radical (unpaired) electrons. The Labute approximate surface area is 126 Å². The molecule has 5 nitrogen and oxygen atoms in total. The summed E-state index contributed by atoms with van der Waals surface area (Å²) in [5.74, 6) is 0.187. The lowest BCUT2D eigenvalue weighted by molar-refractivity contribution is 0.466. The minimum atomic E-state index is -0.499. The lowest BCUT2D eigenvalue weighted by Crippen LogP contribution is -2.14. The van der Waals surface area contributed by atoms with Crippen LogP contribution in [-0.4, -0.2) is 21.3 Å². The first-order valence-corrected chi connectivity index (χ1v) is 7.62. The van der Waals surface area contributed by atoms with Gasteiger partial charge in [-0.2, -0.15) is 5.26 Å². The number of thioether (sulfide) groups is 1. The molecule has 0 amide bonds. The SMILES string of the molecule is CSc1nc(-c2cccc(C(C)C)c2O)c(C#N)c(=O)[nH]1. The zero-order valence-electron chi connectivity index (χ0n) is 12.0. The van der Waals surface area contributed by atoms with Crippen LogP contribution >= 0.6 is 11.8 Å². The Hall–Kier alpha value is -2.26. The van der Waals surface area contributed by atoms with Gasteiger partial charge in [0.25, 0.3) is 5.56 Å². The number of para-hydroxylation sites is 1. The predicted octanol–water partition coefficient (Wildman–Crippen LogP) is 2.86. The van der Waals surface area contributed by atoms with E-state index in [1.807, 2.05) is 26.0 Å². The highest BCUT2D eigenvalue weighted by Crippen LogP contribution is 2.35. The molecule has 0 aliphatic carbocycles. The van der Waals surface area contributed by atoms with Gasteiger partial charge in [0.2, 0.25) is 0 Å². The summed E-state index contributed by atoms with van der Waals surface area (Å²) in [4.78, 5) is 18.8. The van der Waals surface area contributed by atoms with E-state index >= 15 is 0 Å². The molecule has 0 unspecified atom stereocenters. The molecule has 0 aliphatic rings. The third-order valence-corrected chi connectivity index (χ3v) is 3.73. The number of hydrogen-bond donors (Lipinski definition) is 2. The average molecular weight is 301 g/mol. The molecule has 0 bridgehead atoms. The van der Waals surface area contributed by atoms with Crippen molar-refractivity contribution in [2.45, 2.75) is 24.9 Å². The quantitative estimate of drug-likeness (QED) is 0.672. The van der Waals surface area contributed by atoms with Crippen LogP contribution in [0.5, 0.6) is 5.75 Å². The first kappa shape index (κ1) is 15.1. The van der Waals surface area contributed by atoms with Gasteiger partial charge >= 0.3 is 0 Å². The van der Waals surface area contributed by atoms with Crippen molar-refractivity contribution in [3.63, 3.8) is 0 Å². The Morgan fingerprint density at radius 3 is 2.71 bits per heavy atom.